The van der Waals surface area contributed by atoms with Crippen LogP contribution in [0.1, 0.15) is 37.0 Å². The number of nitrogens with zero attached hydrogens (tertiary/aromatic N) is 2. The first kappa shape index (κ1) is 22.8. The zero-order chi connectivity index (χ0) is 22.2. The van der Waals surface area contributed by atoms with Crippen molar-refractivity contribution in [2.45, 2.75) is 45.8 Å². The molecule has 1 saturated heterocycles. The van der Waals surface area contributed by atoms with Gasteiger partial charge in [0.25, 0.3) is 0 Å². The van der Waals surface area contributed by atoms with Crippen molar-refractivity contribution in [3.63, 3.8) is 0 Å². The van der Waals surface area contributed by atoms with Crippen molar-refractivity contribution in [1.82, 2.24) is 15.1 Å². The number of carbonyl (C=O) groups excluding carboxylic acids is 2. The van der Waals surface area contributed by atoms with Crippen molar-refractivity contribution < 1.29 is 14.3 Å². The van der Waals surface area contributed by atoms with Crippen LogP contribution in [0.2, 0.25) is 0 Å². The standard InChI is InChI=1S/C25H33N3O3/c1-4-19-6-8-20(9-7-19)17-27(3)24(29)16-23-25(30)26-14-15-28(23)18-21-10-12-22(13-11-21)31-5-2/h6-13,23H,4-5,14-18H2,1-3H3,(H,26,30). The molecule has 3 rings (SSSR count). The lowest BCUT2D eigenvalue weighted by Gasteiger charge is -2.35. The van der Waals surface area contributed by atoms with Crippen LogP contribution >= 0.6 is 0 Å². The molecule has 0 saturated carbocycles. The minimum Gasteiger partial charge on any atom is -0.494 e. The summed E-state index contributed by atoms with van der Waals surface area (Å²) in [5.41, 5.74) is 3.47. The highest BCUT2D eigenvalue weighted by atomic mass is 16.5. The Labute approximate surface area is 185 Å². The lowest BCUT2D eigenvalue weighted by Crippen LogP contribution is -2.56. The topological polar surface area (TPSA) is 61.9 Å². The third-order valence-corrected chi connectivity index (χ3v) is 5.71. The monoisotopic (exact) mass is 423 g/mol. The molecular formula is C25H33N3O3. The number of hydrogen-bond donors (Lipinski definition) is 1. The Kier molecular flexibility index (Phi) is 8.06. The number of amides is 2. The third kappa shape index (κ3) is 6.31. The van der Waals surface area contributed by atoms with E-state index in [1.807, 2.05) is 31.2 Å². The van der Waals surface area contributed by atoms with Gasteiger partial charge in [-0.2, -0.15) is 0 Å². The van der Waals surface area contributed by atoms with Gasteiger partial charge in [0.2, 0.25) is 11.8 Å². The van der Waals surface area contributed by atoms with Crippen LogP contribution in [0.3, 0.4) is 0 Å². The zero-order valence-corrected chi connectivity index (χ0v) is 18.8. The van der Waals surface area contributed by atoms with Gasteiger partial charge in [-0.3, -0.25) is 14.5 Å². The van der Waals surface area contributed by atoms with Gasteiger partial charge in [-0.15, -0.1) is 0 Å². The Hall–Kier alpha value is -2.86. The average Bonchev–Trinajstić information content (AvgIpc) is 2.78. The van der Waals surface area contributed by atoms with Gasteiger partial charge in [-0.1, -0.05) is 43.3 Å². The molecule has 1 heterocycles. The van der Waals surface area contributed by atoms with Gasteiger partial charge < -0.3 is 15.0 Å². The van der Waals surface area contributed by atoms with Crippen molar-refractivity contribution in [1.29, 1.82) is 0 Å². The molecule has 1 aliphatic rings. The highest BCUT2D eigenvalue weighted by Gasteiger charge is 2.32. The van der Waals surface area contributed by atoms with Crippen LogP contribution in [0.15, 0.2) is 48.5 Å². The van der Waals surface area contributed by atoms with Gasteiger partial charge in [-0.25, -0.2) is 0 Å². The van der Waals surface area contributed by atoms with Gasteiger partial charge in [0, 0.05) is 33.2 Å². The molecule has 166 valence electrons. The van der Waals surface area contributed by atoms with Crippen LogP contribution in [0.25, 0.3) is 0 Å². The molecule has 0 aromatic heterocycles. The van der Waals surface area contributed by atoms with E-state index in [4.69, 9.17) is 4.74 Å². The van der Waals surface area contributed by atoms with Crippen molar-refractivity contribution >= 4 is 11.8 Å². The summed E-state index contributed by atoms with van der Waals surface area (Å²) in [7, 11) is 1.80. The van der Waals surface area contributed by atoms with Gasteiger partial charge in [0.15, 0.2) is 0 Å². The summed E-state index contributed by atoms with van der Waals surface area (Å²) in [5, 5.41) is 2.91. The van der Waals surface area contributed by atoms with Crippen LogP contribution in [0.4, 0.5) is 0 Å². The predicted molar refractivity (Wildman–Crippen MR) is 122 cm³/mol. The minimum absolute atomic E-state index is 0.0293. The molecule has 2 aromatic rings. The molecule has 0 spiro atoms. The molecule has 6 nitrogen and oxygen atoms in total. The van der Waals surface area contributed by atoms with Crippen molar-refractivity contribution in [3.05, 3.63) is 65.2 Å². The third-order valence-electron chi connectivity index (χ3n) is 5.71. The number of aryl methyl sites for hydroxylation is 1. The molecule has 1 unspecified atom stereocenters. The lowest BCUT2D eigenvalue weighted by molar-refractivity contribution is -0.138. The van der Waals surface area contributed by atoms with E-state index in [9.17, 15) is 9.59 Å². The molecule has 1 N–H and O–H groups in total. The highest BCUT2D eigenvalue weighted by molar-refractivity contribution is 5.88. The van der Waals surface area contributed by atoms with Crippen LogP contribution in [0, 0.1) is 0 Å². The Bertz CT molecular complexity index is 865. The SMILES string of the molecule is CCOc1ccc(CN2CCNC(=O)C2CC(=O)N(C)Cc2ccc(CC)cc2)cc1. The van der Waals surface area contributed by atoms with Crippen LogP contribution in [0.5, 0.6) is 5.75 Å². The Balaban J connectivity index is 1.61. The van der Waals surface area contributed by atoms with E-state index in [-0.39, 0.29) is 18.2 Å². The largest absolute Gasteiger partial charge is 0.494 e. The summed E-state index contributed by atoms with van der Waals surface area (Å²) in [6.45, 7) is 7.19. The van der Waals surface area contributed by atoms with Crippen molar-refractivity contribution in [3.8, 4) is 5.75 Å². The predicted octanol–water partition coefficient (Wildman–Crippen LogP) is 3.00. The Morgan fingerprint density at radius 3 is 2.35 bits per heavy atom. The molecule has 6 heteroatoms. The van der Waals surface area contributed by atoms with Crippen LogP contribution in [-0.2, 0) is 29.1 Å². The normalized spacial score (nSPS) is 16.6. The van der Waals surface area contributed by atoms with E-state index < -0.39 is 6.04 Å². The Morgan fingerprint density at radius 1 is 1.06 bits per heavy atom. The number of nitrogens with one attached hydrogen (secondary N) is 1. The number of carbonyl (C=O) groups is 2. The number of ether oxygens (including phenoxy) is 1. The fourth-order valence-electron chi connectivity index (χ4n) is 3.83. The number of rotatable bonds is 9. The fourth-order valence-corrected chi connectivity index (χ4v) is 3.83. The van der Waals surface area contributed by atoms with E-state index in [2.05, 4.69) is 41.4 Å². The summed E-state index contributed by atoms with van der Waals surface area (Å²) in [5.74, 6) is 0.729. The summed E-state index contributed by atoms with van der Waals surface area (Å²) >= 11 is 0. The maximum atomic E-state index is 12.9. The first-order valence-corrected chi connectivity index (χ1v) is 11.1. The molecular weight excluding hydrogens is 390 g/mol. The van der Waals surface area contributed by atoms with Crippen LogP contribution < -0.4 is 10.1 Å². The smallest absolute Gasteiger partial charge is 0.237 e. The maximum absolute atomic E-state index is 12.9. The molecule has 0 bridgehead atoms. The van der Waals surface area contributed by atoms with E-state index in [1.54, 1.807) is 11.9 Å². The number of piperazine rings is 1. The molecule has 31 heavy (non-hydrogen) atoms. The molecule has 1 atom stereocenters. The summed E-state index contributed by atoms with van der Waals surface area (Å²) in [6.07, 6.45) is 1.17. The van der Waals surface area contributed by atoms with E-state index >= 15 is 0 Å². The molecule has 0 radical (unpaired) electrons. The Morgan fingerprint density at radius 2 is 1.71 bits per heavy atom. The molecule has 0 aliphatic carbocycles. The van der Waals surface area contributed by atoms with E-state index in [1.165, 1.54) is 5.56 Å². The zero-order valence-electron chi connectivity index (χ0n) is 18.8. The quantitative estimate of drug-likeness (QED) is 0.674. The van der Waals surface area contributed by atoms with Crippen LogP contribution in [-0.4, -0.2) is 54.4 Å². The van der Waals surface area contributed by atoms with E-state index in [0.717, 1.165) is 29.8 Å². The average molecular weight is 424 g/mol. The molecule has 1 aliphatic heterocycles. The van der Waals surface area contributed by atoms with Crippen molar-refractivity contribution in [2.24, 2.45) is 0 Å². The van der Waals surface area contributed by atoms with Crippen molar-refractivity contribution in [2.75, 3.05) is 26.7 Å². The minimum atomic E-state index is -0.460. The van der Waals surface area contributed by atoms with E-state index in [0.29, 0.717) is 26.2 Å². The first-order chi connectivity index (χ1) is 15.0. The first-order valence-electron chi connectivity index (χ1n) is 11.1. The van der Waals surface area contributed by atoms with Gasteiger partial charge >= 0.3 is 0 Å². The molecule has 1 fully saturated rings. The highest BCUT2D eigenvalue weighted by Crippen LogP contribution is 2.18. The maximum Gasteiger partial charge on any atom is 0.237 e. The lowest BCUT2D eigenvalue weighted by atomic mass is 10.1. The van der Waals surface area contributed by atoms with Gasteiger partial charge in [-0.05, 0) is 42.2 Å². The second kappa shape index (κ2) is 11.0. The molecule has 2 amide bonds. The summed E-state index contributed by atoms with van der Waals surface area (Å²) in [6, 6.07) is 15.8. The second-order valence-corrected chi connectivity index (χ2v) is 7.98. The number of hydrogen-bond acceptors (Lipinski definition) is 4. The number of benzene rings is 2. The fraction of sp³-hybridized carbons (Fsp3) is 0.440. The summed E-state index contributed by atoms with van der Waals surface area (Å²) in [4.78, 5) is 29.3. The second-order valence-electron chi connectivity index (χ2n) is 7.98. The van der Waals surface area contributed by atoms with Gasteiger partial charge in [0.1, 0.15) is 5.75 Å². The summed E-state index contributed by atoms with van der Waals surface area (Å²) < 4.78 is 5.50. The van der Waals surface area contributed by atoms with Gasteiger partial charge in [0.05, 0.1) is 19.1 Å². The molecule has 2 aromatic carbocycles.